The number of carbonyl (C=O) groups is 1. The van der Waals surface area contributed by atoms with Crippen molar-refractivity contribution < 1.29 is 14.3 Å². The van der Waals surface area contributed by atoms with Crippen LogP contribution in [0.4, 0.5) is 4.39 Å². The fourth-order valence-corrected chi connectivity index (χ4v) is 2.94. The molecule has 1 aliphatic carbocycles. The van der Waals surface area contributed by atoms with Crippen molar-refractivity contribution >= 4 is 5.91 Å². The summed E-state index contributed by atoms with van der Waals surface area (Å²) in [5, 5.41) is 9.84. The van der Waals surface area contributed by atoms with Crippen LogP contribution in [0, 0.1) is 5.82 Å². The van der Waals surface area contributed by atoms with E-state index in [-0.39, 0.29) is 23.3 Å². The molecule has 1 fully saturated rings. The zero-order valence-corrected chi connectivity index (χ0v) is 12.2. The highest BCUT2D eigenvalue weighted by Gasteiger charge is 2.27. The van der Waals surface area contributed by atoms with E-state index in [1.165, 1.54) is 12.5 Å². The van der Waals surface area contributed by atoms with Gasteiger partial charge in [0.15, 0.2) is 0 Å². The van der Waals surface area contributed by atoms with Crippen LogP contribution in [0.2, 0.25) is 0 Å². The van der Waals surface area contributed by atoms with Crippen molar-refractivity contribution in [1.82, 2.24) is 4.90 Å². The third-order valence-corrected chi connectivity index (χ3v) is 4.07. The highest BCUT2D eigenvalue weighted by molar-refractivity contribution is 5.97. The zero-order valence-electron chi connectivity index (χ0n) is 12.2. The van der Waals surface area contributed by atoms with Gasteiger partial charge in [0.2, 0.25) is 0 Å². The number of rotatable bonds is 5. The highest BCUT2D eigenvalue weighted by Crippen LogP contribution is 2.27. The van der Waals surface area contributed by atoms with E-state index >= 15 is 0 Å². The van der Waals surface area contributed by atoms with Crippen molar-refractivity contribution in [2.45, 2.75) is 44.6 Å². The van der Waals surface area contributed by atoms with Crippen molar-refractivity contribution in [1.29, 1.82) is 0 Å². The summed E-state index contributed by atoms with van der Waals surface area (Å²) in [6.45, 7) is 1.06. The Kier molecular flexibility index (Phi) is 5.56. The van der Waals surface area contributed by atoms with Gasteiger partial charge in [-0.25, -0.2) is 4.39 Å². The number of phenolic OH excluding ortho intramolecular Hbond substituents is 1. The minimum Gasteiger partial charge on any atom is -0.507 e. The van der Waals surface area contributed by atoms with Crippen LogP contribution < -0.4 is 5.73 Å². The van der Waals surface area contributed by atoms with E-state index in [1.807, 2.05) is 0 Å². The monoisotopic (exact) mass is 294 g/mol. The standard InChI is InChI=1S/C16H23FN2O2/c17-12-7-8-15(20)14(11-12)16(21)19(10-4-9-18)13-5-2-1-3-6-13/h7-8,11,13,20H,1-6,9-10,18H2. The lowest BCUT2D eigenvalue weighted by Gasteiger charge is -2.34. The maximum atomic E-state index is 13.4. The van der Waals surface area contributed by atoms with Gasteiger partial charge in [-0.1, -0.05) is 19.3 Å². The average molecular weight is 294 g/mol. The average Bonchev–Trinajstić information content (AvgIpc) is 2.51. The predicted molar refractivity (Wildman–Crippen MR) is 79.6 cm³/mol. The molecule has 1 aromatic carbocycles. The Labute approximate surface area is 124 Å². The molecule has 0 spiro atoms. The molecule has 0 heterocycles. The minimum atomic E-state index is -0.515. The molecule has 0 radical (unpaired) electrons. The molecule has 2 rings (SSSR count). The molecule has 0 unspecified atom stereocenters. The molecule has 116 valence electrons. The normalized spacial score (nSPS) is 15.9. The number of nitrogens with two attached hydrogens (primary N) is 1. The van der Waals surface area contributed by atoms with Gasteiger partial charge in [0, 0.05) is 12.6 Å². The molecule has 1 amide bonds. The molecule has 1 saturated carbocycles. The predicted octanol–water partition coefficient (Wildman–Crippen LogP) is 2.66. The fourth-order valence-electron chi connectivity index (χ4n) is 2.94. The van der Waals surface area contributed by atoms with Crippen LogP contribution in [0.25, 0.3) is 0 Å². The molecule has 0 atom stereocenters. The van der Waals surface area contributed by atoms with Crippen molar-refractivity contribution in [3.63, 3.8) is 0 Å². The fraction of sp³-hybridized carbons (Fsp3) is 0.562. The van der Waals surface area contributed by atoms with E-state index in [2.05, 4.69) is 0 Å². The van der Waals surface area contributed by atoms with Crippen LogP contribution in [0.5, 0.6) is 5.75 Å². The lowest BCUT2D eigenvalue weighted by Crippen LogP contribution is -2.42. The lowest BCUT2D eigenvalue weighted by molar-refractivity contribution is 0.0629. The Bertz CT molecular complexity index is 487. The van der Waals surface area contributed by atoms with E-state index in [4.69, 9.17) is 5.73 Å². The molecule has 0 bridgehead atoms. The second-order valence-electron chi connectivity index (χ2n) is 5.59. The summed E-state index contributed by atoms with van der Waals surface area (Å²) in [5.74, 6) is -0.985. The first kappa shape index (κ1) is 15.8. The molecule has 3 N–H and O–H groups in total. The number of phenols is 1. The first-order chi connectivity index (χ1) is 10.1. The van der Waals surface area contributed by atoms with Gasteiger partial charge in [0.05, 0.1) is 5.56 Å². The van der Waals surface area contributed by atoms with Crippen molar-refractivity contribution in [3.8, 4) is 5.75 Å². The Morgan fingerprint density at radius 3 is 2.71 bits per heavy atom. The third kappa shape index (κ3) is 3.94. The zero-order chi connectivity index (χ0) is 15.2. The van der Waals surface area contributed by atoms with Crippen LogP contribution in [0.3, 0.4) is 0 Å². The number of halogens is 1. The highest BCUT2D eigenvalue weighted by atomic mass is 19.1. The minimum absolute atomic E-state index is 0.0394. The number of hydrogen-bond donors (Lipinski definition) is 2. The topological polar surface area (TPSA) is 66.6 Å². The van der Waals surface area contributed by atoms with Gasteiger partial charge in [-0.3, -0.25) is 4.79 Å². The van der Waals surface area contributed by atoms with Gasteiger partial charge in [0.1, 0.15) is 11.6 Å². The van der Waals surface area contributed by atoms with Gasteiger partial charge >= 0.3 is 0 Å². The number of carbonyl (C=O) groups excluding carboxylic acids is 1. The molecule has 5 heteroatoms. The Balaban J connectivity index is 2.21. The van der Waals surface area contributed by atoms with E-state index < -0.39 is 5.82 Å². The van der Waals surface area contributed by atoms with Crippen LogP contribution in [0.1, 0.15) is 48.9 Å². The maximum Gasteiger partial charge on any atom is 0.257 e. The largest absolute Gasteiger partial charge is 0.507 e. The van der Waals surface area contributed by atoms with E-state index in [0.29, 0.717) is 19.5 Å². The second-order valence-corrected chi connectivity index (χ2v) is 5.59. The molecule has 0 aromatic heterocycles. The Morgan fingerprint density at radius 1 is 1.33 bits per heavy atom. The molecule has 0 aliphatic heterocycles. The molecule has 21 heavy (non-hydrogen) atoms. The lowest BCUT2D eigenvalue weighted by atomic mass is 9.93. The molecule has 1 aromatic rings. The Hall–Kier alpha value is -1.62. The number of nitrogens with zero attached hydrogens (tertiary/aromatic N) is 1. The summed E-state index contributed by atoms with van der Waals surface area (Å²) in [4.78, 5) is 14.4. The summed E-state index contributed by atoms with van der Waals surface area (Å²) >= 11 is 0. The van der Waals surface area contributed by atoms with Gasteiger partial charge in [-0.15, -0.1) is 0 Å². The van der Waals surface area contributed by atoms with Crippen LogP contribution in [-0.2, 0) is 0 Å². The summed E-state index contributed by atoms with van der Waals surface area (Å²) in [6, 6.07) is 3.65. The van der Waals surface area contributed by atoms with Crippen molar-refractivity contribution in [3.05, 3.63) is 29.6 Å². The molecule has 0 saturated heterocycles. The van der Waals surface area contributed by atoms with Gasteiger partial charge in [-0.2, -0.15) is 0 Å². The summed E-state index contributed by atoms with van der Waals surface area (Å²) in [5.41, 5.74) is 5.59. The van der Waals surface area contributed by atoms with Crippen LogP contribution in [0.15, 0.2) is 18.2 Å². The van der Waals surface area contributed by atoms with Gasteiger partial charge in [0.25, 0.3) is 5.91 Å². The number of amides is 1. The first-order valence-electron chi connectivity index (χ1n) is 7.63. The van der Waals surface area contributed by atoms with E-state index in [9.17, 15) is 14.3 Å². The molecule has 4 nitrogen and oxygen atoms in total. The first-order valence-corrected chi connectivity index (χ1v) is 7.63. The SMILES string of the molecule is NCCCN(C(=O)c1cc(F)ccc1O)C1CCCCC1. The number of aromatic hydroxyl groups is 1. The molecular formula is C16H23FN2O2. The van der Waals surface area contributed by atoms with Crippen molar-refractivity contribution in [2.75, 3.05) is 13.1 Å². The third-order valence-electron chi connectivity index (χ3n) is 4.07. The van der Waals surface area contributed by atoms with Crippen LogP contribution in [-0.4, -0.2) is 35.0 Å². The summed E-state index contributed by atoms with van der Waals surface area (Å²) < 4.78 is 13.4. The maximum absolute atomic E-state index is 13.4. The summed E-state index contributed by atoms with van der Waals surface area (Å²) in [7, 11) is 0. The van der Waals surface area contributed by atoms with E-state index in [1.54, 1.807) is 4.90 Å². The molecule has 1 aliphatic rings. The van der Waals surface area contributed by atoms with Crippen LogP contribution >= 0.6 is 0 Å². The smallest absolute Gasteiger partial charge is 0.257 e. The quantitative estimate of drug-likeness (QED) is 0.877. The Morgan fingerprint density at radius 2 is 2.05 bits per heavy atom. The second kappa shape index (κ2) is 7.41. The van der Waals surface area contributed by atoms with Gasteiger partial charge in [-0.05, 0) is 44.0 Å². The van der Waals surface area contributed by atoms with E-state index in [0.717, 1.165) is 37.8 Å². The number of hydrogen-bond acceptors (Lipinski definition) is 3. The summed E-state index contributed by atoms with van der Waals surface area (Å²) in [6.07, 6.45) is 6.04. The van der Waals surface area contributed by atoms with Crippen molar-refractivity contribution in [2.24, 2.45) is 5.73 Å². The van der Waals surface area contributed by atoms with Gasteiger partial charge < -0.3 is 15.7 Å². The number of benzene rings is 1. The molecular weight excluding hydrogens is 271 g/mol.